The minimum absolute atomic E-state index is 0.115. The smallest absolute Gasteiger partial charge is 0.273 e. The Balaban J connectivity index is 1.77. The van der Waals surface area contributed by atoms with Gasteiger partial charge in [-0.2, -0.15) is 0 Å². The molecule has 1 amide bonds. The van der Waals surface area contributed by atoms with Gasteiger partial charge in [0.25, 0.3) is 5.91 Å². The highest BCUT2D eigenvalue weighted by molar-refractivity contribution is 5.96. The third-order valence-electron chi connectivity index (χ3n) is 2.34. The molecule has 0 aliphatic heterocycles. The van der Waals surface area contributed by atoms with Crippen LogP contribution >= 0.6 is 0 Å². The van der Waals surface area contributed by atoms with Crippen molar-refractivity contribution in [3.63, 3.8) is 0 Å². The number of carbonyl (C=O) groups excluding carboxylic acids is 1. The molecule has 0 aliphatic rings. The van der Waals surface area contributed by atoms with Gasteiger partial charge < -0.3 is 15.8 Å². The second-order valence-electron chi connectivity index (χ2n) is 3.71. The number of amides is 1. The van der Waals surface area contributed by atoms with Gasteiger partial charge in [0.15, 0.2) is 11.5 Å². The molecule has 0 fully saturated rings. The SMILES string of the molecule is Nc1nccnc1C(=O)NCCOc1ccccc1. The Kier molecular flexibility index (Phi) is 4.28. The highest BCUT2D eigenvalue weighted by atomic mass is 16.5. The number of nitrogens with two attached hydrogens (primary N) is 1. The predicted molar refractivity (Wildman–Crippen MR) is 70.7 cm³/mol. The van der Waals surface area contributed by atoms with Gasteiger partial charge in [0.1, 0.15) is 12.4 Å². The van der Waals surface area contributed by atoms with Gasteiger partial charge in [0.2, 0.25) is 0 Å². The van der Waals surface area contributed by atoms with E-state index in [-0.39, 0.29) is 17.4 Å². The van der Waals surface area contributed by atoms with E-state index in [2.05, 4.69) is 15.3 Å². The van der Waals surface area contributed by atoms with Crippen LogP contribution in [0, 0.1) is 0 Å². The molecule has 1 aromatic heterocycles. The number of nitrogens with one attached hydrogen (secondary N) is 1. The highest BCUT2D eigenvalue weighted by Gasteiger charge is 2.10. The van der Waals surface area contributed by atoms with Gasteiger partial charge in [-0.1, -0.05) is 18.2 Å². The maximum Gasteiger partial charge on any atom is 0.273 e. The summed E-state index contributed by atoms with van der Waals surface area (Å²) in [5.41, 5.74) is 5.68. The Morgan fingerprint density at radius 1 is 1.21 bits per heavy atom. The number of rotatable bonds is 5. The predicted octanol–water partition coefficient (Wildman–Crippen LogP) is 0.868. The third-order valence-corrected chi connectivity index (χ3v) is 2.34. The Labute approximate surface area is 110 Å². The number of para-hydroxylation sites is 1. The summed E-state index contributed by atoms with van der Waals surface area (Å²) in [6.07, 6.45) is 2.86. The fraction of sp³-hybridized carbons (Fsp3) is 0.154. The van der Waals surface area contributed by atoms with Crippen molar-refractivity contribution < 1.29 is 9.53 Å². The van der Waals surface area contributed by atoms with Crippen LogP contribution in [0.1, 0.15) is 10.5 Å². The first-order valence-corrected chi connectivity index (χ1v) is 5.80. The molecular weight excluding hydrogens is 244 g/mol. The van der Waals surface area contributed by atoms with Gasteiger partial charge in [-0.3, -0.25) is 4.79 Å². The summed E-state index contributed by atoms with van der Waals surface area (Å²) in [4.78, 5) is 19.4. The standard InChI is InChI=1S/C13H14N4O2/c14-12-11(15-6-7-16-12)13(18)17-8-9-19-10-4-2-1-3-5-10/h1-7H,8-9H2,(H2,14,16)(H,17,18). The molecule has 6 nitrogen and oxygen atoms in total. The summed E-state index contributed by atoms with van der Waals surface area (Å²) in [6, 6.07) is 9.37. The van der Waals surface area contributed by atoms with Crippen molar-refractivity contribution in [1.82, 2.24) is 15.3 Å². The van der Waals surface area contributed by atoms with Crippen LogP contribution in [0.4, 0.5) is 5.82 Å². The van der Waals surface area contributed by atoms with Crippen LogP contribution in [0.15, 0.2) is 42.7 Å². The lowest BCUT2D eigenvalue weighted by Crippen LogP contribution is -2.29. The van der Waals surface area contributed by atoms with E-state index in [1.54, 1.807) is 0 Å². The molecule has 0 radical (unpaired) electrons. The molecule has 0 unspecified atom stereocenters. The zero-order chi connectivity index (χ0) is 13.5. The van der Waals surface area contributed by atoms with E-state index in [1.165, 1.54) is 12.4 Å². The molecule has 98 valence electrons. The number of hydrogen-bond donors (Lipinski definition) is 2. The summed E-state index contributed by atoms with van der Waals surface area (Å²) >= 11 is 0. The molecular formula is C13H14N4O2. The third kappa shape index (κ3) is 3.67. The average molecular weight is 258 g/mol. The molecule has 3 N–H and O–H groups in total. The number of hydrogen-bond acceptors (Lipinski definition) is 5. The van der Waals surface area contributed by atoms with Crippen LogP contribution in [0.3, 0.4) is 0 Å². The number of anilines is 1. The topological polar surface area (TPSA) is 90.1 Å². The van der Waals surface area contributed by atoms with E-state index in [4.69, 9.17) is 10.5 Å². The highest BCUT2D eigenvalue weighted by Crippen LogP contribution is 2.07. The number of benzene rings is 1. The van der Waals surface area contributed by atoms with E-state index < -0.39 is 0 Å². The molecule has 2 rings (SSSR count). The fourth-order valence-electron chi connectivity index (χ4n) is 1.46. The van der Waals surface area contributed by atoms with Crippen molar-refractivity contribution in [3.8, 4) is 5.75 Å². The maximum atomic E-state index is 11.7. The number of aromatic nitrogens is 2. The number of nitrogen functional groups attached to an aromatic ring is 1. The molecule has 2 aromatic rings. The van der Waals surface area contributed by atoms with E-state index in [0.717, 1.165) is 5.75 Å². The van der Waals surface area contributed by atoms with E-state index >= 15 is 0 Å². The number of nitrogens with zero attached hydrogens (tertiary/aromatic N) is 2. The molecule has 0 saturated heterocycles. The van der Waals surface area contributed by atoms with Crippen molar-refractivity contribution in [3.05, 3.63) is 48.4 Å². The Hall–Kier alpha value is -2.63. The first kappa shape index (κ1) is 12.8. The largest absolute Gasteiger partial charge is 0.492 e. The van der Waals surface area contributed by atoms with Crippen molar-refractivity contribution in [1.29, 1.82) is 0 Å². The normalized spacial score (nSPS) is 9.89. The van der Waals surface area contributed by atoms with E-state index in [1.807, 2.05) is 30.3 Å². The quantitative estimate of drug-likeness (QED) is 0.776. The Morgan fingerprint density at radius 3 is 2.68 bits per heavy atom. The molecule has 0 aliphatic carbocycles. The molecule has 0 saturated carbocycles. The van der Waals surface area contributed by atoms with Crippen molar-refractivity contribution in [2.45, 2.75) is 0 Å². The lowest BCUT2D eigenvalue weighted by molar-refractivity contribution is 0.0942. The summed E-state index contributed by atoms with van der Waals surface area (Å²) in [5.74, 6) is 0.516. The fourth-order valence-corrected chi connectivity index (χ4v) is 1.46. The van der Waals surface area contributed by atoms with Gasteiger partial charge in [-0.05, 0) is 12.1 Å². The average Bonchev–Trinajstić information content (AvgIpc) is 2.45. The molecule has 19 heavy (non-hydrogen) atoms. The first-order chi connectivity index (χ1) is 9.27. The van der Waals surface area contributed by atoms with Gasteiger partial charge in [0.05, 0.1) is 6.54 Å². The summed E-state index contributed by atoms with van der Waals surface area (Å²) in [7, 11) is 0. The Bertz CT molecular complexity index is 545. The van der Waals surface area contributed by atoms with Crippen molar-refractivity contribution in [2.24, 2.45) is 0 Å². The van der Waals surface area contributed by atoms with Crippen LogP contribution in [0.5, 0.6) is 5.75 Å². The van der Waals surface area contributed by atoms with Crippen molar-refractivity contribution >= 4 is 11.7 Å². The van der Waals surface area contributed by atoms with Gasteiger partial charge in [-0.15, -0.1) is 0 Å². The summed E-state index contributed by atoms with van der Waals surface area (Å²) in [6.45, 7) is 0.736. The van der Waals surface area contributed by atoms with Crippen LogP contribution in [-0.2, 0) is 0 Å². The maximum absolute atomic E-state index is 11.7. The lowest BCUT2D eigenvalue weighted by atomic mass is 10.3. The Morgan fingerprint density at radius 2 is 1.95 bits per heavy atom. The molecule has 0 spiro atoms. The molecule has 6 heteroatoms. The second-order valence-corrected chi connectivity index (χ2v) is 3.71. The molecule has 0 atom stereocenters. The van der Waals surface area contributed by atoms with Crippen LogP contribution in [0.25, 0.3) is 0 Å². The van der Waals surface area contributed by atoms with Crippen LogP contribution in [0.2, 0.25) is 0 Å². The monoisotopic (exact) mass is 258 g/mol. The number of carbonyl (C=O) groups is 1. The lowest BCUT2D eigenvalue weighted by Gasteiger charge is -2.07. The van der Waals surface area contributed by atoms with Gasteiger partial charge in [-0.25, -0.2) is 9.97 Å². The minimum Gasteiger partial charge on any atom is -0.492 e. The van der Waals surface area contributed by atoms with Crippen LogP contribution < -0.4 is 15.8 Å². The van der Waals surface area contributed by atoms with E-state index in [9.17, 15) is 4.79 Å². The zero-order valence-corrected chi connectivity index (χ0v) is 10.2. The second kappa shape index (κ2) is 6.34. The summed E-state index contributed by atoms with van der Waals surface area (Å²) < 4.78 is 5.44. The van der Waals surface area contributed by atoms with Crippen LogP contribution in [-0.4, -0.2) is 29.0 Å². The minimum atomic E-state index is -0.359. The van der Waals surface area contributed by atoms with E-state index in [0.29, 0.717) is 13.2 Å². The zero-order valence-electron chi connectivity index (χ0n) is 10.2. The summed E-state index contributed by atoms with van der Waals surface area (Å²) in [5, 5.41) is 2.66. The van der Waals surface area contributed by atoms with Gasteiger partial charge >= 0.3 is 0 Å². The molecule has 1 aromatic carbocycles. The van der Waals surface area contributed by atoms with Gasteiger partial charge in [0, 0.05) is 12.4 Å². The van der Waals surface area contributed by atoms with Crippen molar-refractivity contribution in [2.75, 3.05) is 18.9 Å². The molecule has 1 heterocycles. The first-order valence-electron chi connectivity index (χ1n) is 5.80. The molecule has 0 bridgehead atoms. The number of ether oxygens (including phenoxy) is 1.